The smallest absolute Gasteiger partial charge is 0.224 e. The highest BCUT2D eigenvalue weighted by atomic mass is 35.5. The highest BCUT2D eigenvalue weighted by Gasteiger charge is 2.15. The second kappa shape index (κ2) is 9.36. The molecule has 0 aliphatic rings. The van der Waals surface area contributed by atoms with Crippen LogP contribution in [-0.4, -0.2) is 11.7 Å². The van der Waals surface area contributed by atoms with Crippen molar-refractivity contribution < 1.29 is 9.53 Å². The number of benzene rings is 2. The summed E-state index contributed by atoms with van der Waals surface area (Å²) in [6.45, 7) is 4.71. The SMILES string of the molecule is CCCCCOc1c(Cl)cc(C(=O)Sc2ccc(C)cc2)cc1Cl. The van der Waals surface area contributed by atoms with Crippen LogP contribution in [-0.2, 0) is 0 Å². The monoisotopic (exact) mass is 382 g/mol. The number of rotatable bonds is 7. The van der Waals surface area contributed by atoms with E-state index < -0.39 is 0 Å². The van der Waals surface area contributed by atoms with Crippen LogP contribution in [0, 0.1) is 6.92 Å². The molecule has 0 aromatic heterocycles. The van der Waals surface area contributed by atoms with Gasteiger partial charge in [-0.05, 0) is 49.4 Å². The molecule has 128 valence electrons. The molecule has 0 aliphatic carbocycles. The molecule has 5 heteroatoms. The van der Waals surface area contributed by atoms with E-state index in [1.54, 1.807) is 12.1 Å². The highest BCUT2D eigenvalue weighted by Crippen LogP contribution is 2.36. The Kier molecular flexibility index (Phi) is 7.47. The molecule has 0 saturated carbocycles. The first kappa shape index (κ1) is 19.2. The molecule has 0 unspecified atom stereocenters. The highest BCUT2D eigenvalue weighted by molar-refractivity contribution is 8.14. The molecular weight excluding hydrogens is 363 g/mol. The average molecular weight is 383 g/mol. The van der Waals surface area contributed by atoms with E-state index in [2.05, 4.69) is 6.92 Å². The topological polar surface area (TPSA) is 26.3 Å². The second-order valence-electron chi connectivity index (χ2n) is 5.53. The van der Waals surface area contributed by atoms with E-state index in [1.807, 2.05) is 31.2 Å². The van der Waals surface area contributed by atoms with Gasteiger partial charge in [-0.15, -0.1) is 0 Å². The molecule has 2 rings (SSSR count). The van der Waals surface area contributed by atoms with Crippen molar-refractivity contribution in [2.45, 2.75) is 38.0 Å². The van der Waals surface area contributed by atoms with Gasteiger partial charge in [-0.1, -0.05) is 60.7 Å². The lowest BCUT2D eigenvalue weighted by Gasteiger charge is -2.11. The molecule has 2 aromatic rings. The predicted octanol–water partition coefficient (Wildman–Crippen LogP) is 6.80. The number of unbranched alkanes of at least 4 members (excludes halogenated alkanes) is 2. The molecule has 0 bridgehead atoms. The molecule has 0 amide bonds. The van der Waals surface area contributed by atoms with Gasteiger partial charge >= 0.3 is 0 Å². The van der Waals surface area contributed by atoms with Crippen LogP contribution in [0.1, 0.15) is 42.1 Å². The molecule has 0 atom stereocenters. The van der Waals surface area contributed by atoms with Gasteiger partial charge in [0.1, 0.15) is 0 Å². The summed E-state index contributed by atoms with van der Waals surface area (Å²) in [5.74, 6) is 0.450. The van der Waals surface area contributed by atoms with Crippen LogP contribution in [0.2, 0.25) is 10.0 Å². The van der Waals surface area contributed by atoms with Crippen molar-refractivity contribution in [1.82, 2.24) is 0 Å². The van der Waals surface area contributed by atoms with Gasteiger partial charge in [0.2, 0.25) is 5.12 Å². The van der Waals surface area contributed by atoms with Gasteiger partial charge in [0.05, 0.1) is 16.7 Å². The lowest BCUT2D eigenvalue weighted by molar-refractivity contribution is 0.108. The first-order chi connectivity index (χ1) is 11.5. The van der Waals surface area contributed by atoms with Crippen molar-refractivity contribution in [2.75, 3.05) is 6.61 Å². The van der Waals surface area contributed by atoms with Crippen LogP contribution >= 0.6 is 35.0 Å². The zero-order valence-electron chi connectivity index (χ0n) is 13.8. The van der Waals surface area contributed by atoms with Crippen molar-refractivity contribution in [3.8, 4) is 5.75 Å². The number of aryl methyl sites for hydroxylation is 1. The second-order valence-corrected chi connectivity index (χ2v) is 7.39. The minimum Gasteiger partial charge on any atom is -0.490 e. The van der Waals surface area contributed by atoms with E-state index in [4.69, 9.17) is 27.9 Å². The summed E-state index contributed by atoms with van der Waals surface area (Å²) in [6.07, 6.45) is 3.17. The van der Waals surface area contributed by atoms with Gasteiger partial charge in [0.15, 0.2) is 5.75 Å². The van der Waals surface area contributed by atoms with Crippen LogP contribution in [0.3, 0.4) is 0 Å². The maximum atomic E-state index is 12.4. The molecule has 0 radical (unpaired) electrons. The third-order valence-corrected chi connectivity index (χ3v) is 4.95. The predicted molar refractivity (Wildman–Crippen MR) is 103 cm³/mol. The van der Waals surface area contributed by atoms with Crippen molar-refractivity contribution in [3.63, 3.8) is 0 Å². The lowest BCUT2D eigenvalue weighted by Crippen LogP contribution is -2.00. The van der Waals surface area contributed by atoms with Gasteiger partial charge in [0, 0.05) is 10.5 Å². The van der Waals surface area contributed by atoms with Gasteiger partial charge in [-0.25, -0.2) is 0 Å². The molecule has 2 nitrogen and oxygen atoms in total. The summed E-state index contributed by atoms with van der Waals surface area (Å²) >= 11 is 13.6. The number of hydrogen-bond acceptors (Lipinski definition) is 3. The Morgan fingerprint density at radius 2 is 1.71 bits per heavy atom. The molecule has 0 heterocycles. The fourth-order valence-electron chi connectivity index (χ4n) is 2.11. The van der Waals surface area contributed by atoms with Crippen LogP contribution < -0.4 is 4.74 Å². The fraction of sp³-hybridized carbons (Fsp3) is 0.316. The quantitative estimate of drug-likeness (QED) is 0.388. The van der Waals surface area contributed by atoms with Crippen molar-refractivity contribution in [1.29, 1.82) is 0 Å². The Morgan fingerprint density at radius 1 is 1.08 bits per heavy atom. The number of carbonyl (C=O) groups is 1. The number of thioether (sulfide) groups is 1. The molecule has 0 N–H and O–H groups in total. The normalized spacial score (nSPS) is 10.7. The number of hydrogen-bond donors (Lipinski definition) is 0. The Morgan fingerprint density at radius 3 is 2.29 bits per heavy atom. The molecule has 0 aliphatic heterocycles. The van der Waals surface area contributed by atoms with E-state index >= 15 is 0 Å². The van der Waals surface area contributed by atoms with Gasteiger partial charge < -0.3 is 4.74 Å². The van der Waals surface area contributed by atoms with E-state index in [0.29, 0.717) is 28.0 Å². The largest absolute Gasteiger partial charge is 0.490 e. The van der Waals surface area contributed by atoms with E-state index in [-0.39, 0.29) is 5.12 Å². The van der Waals surface area contributed by atoms with Gasteiger partial charge in [-0.3, -0.25) is 4.79 Å². The third kappa shape index (κ3) is 5.44. The number of halogens is 2. The molecular formula is C19H20Cl2O2S. The molecule has 2 aromatic carbocycles. The first-order valence-corrected chi connectivity index (χ1v) is 9.49. The van der Waals surface area contributed by atoms with Crippen molar-refractivity contribution >= 4 is 40.1 Å². The maximum Gasteiger partial charge on any atom is 0.224 e. The van der Waals surface area contributed by atoms with Crippen LogP contribution in [0.25, 0.3) is 0 Å². The Labute approximate surface area is 157 Å². The summed E-state index contributed by atoms with van der Waals surface area (Å²) in [7, 11) is 0. The van der Waals surface area contributed by atoms with Crippen LogP contribution in [0.5, 0.6) is 5.75 Å². The third-order valence-electron chi connectivity index (χ3n) is 3.46. The summed E-state index contributed by atoms with van der Waals surface area (Å²) in [6, 6.07) is 11.0. The molecule has 0 spiro atoms. The minimum atomic E-state index is -0.0970. The van der Waals surface area contributed by atoms with Crippen LogP contribution in [0.4, 0.5) is 0 Å². The van der Waals surface area contributed by atoms with Gasteiger partial charge in [0.25, 0.3) is 0 Å². The zero-order chi connectivity index (χ0) is 17.5. The molecule has 0 fully saturated rings. The molecule has 24 heavy (non-hydrogen) atoms. The fourth-order valence-corrected chi connectivity index (χ4v) is 3.43. The Balaban J connectivity index is 2.07. The van der Waals surface area contributed by atoms with E-state index in [0.717, 1.165) is 41.5 Å². The Hall–Kier alpha value is -1.16. The van der Waals surface area contributed by atoms with E-state index in [1.165, 1.54) is 0 Å². The van der Waals surface area contributed by atoms with Crippen LogP contribution in [0.15, 0.2) is 41.3 Å². The lowest BCUT2D eigenvalue weighted by atomic mass is 10.2. The minimum absolute atomic E-state index is 0.0970. The first-order valence-electron chi connectivity index (χ1n) is 7.92. The van der Waals surface area contributed by atoms with E-state index in [9.17, 15) is 4.79 Å². The molecule has 0 saturated heterocycles. The summed E-state index contributed by atoms with van der Waals surface area (Å²) in [4.78, 5) is 13.3. The van der Waals surface area contributed by atoms with Crippen molar-refractivity contribution in [3.05, 3.63) is 57.6 Å². The average Bonchev–Trinajstić information content (AvgIpc) is 2.55. The van der Waals surface area contributed by atoms with Gasteiger partial charge in [-0.2, -0.15) is 0 Å². The maximum absolute atomic E-state index is 12.4. The number of carbonyl (C=O) groups excluding carboxylic acids is 1. The standard InChI is InChI=1S/C19H20Cl2O2S/c1-3-4-5-10-23-18-16(20)11-14(12-17(18)21)19(22)24-15-8-6-13(2)7-9-15/h6-9,11-12H,3-5,10H2,1-2H3. The summed E-state index contributed by atoms with van der Waals surface area (Å²) < 4.78 is 5.65. The zero-order valence-corrected chi connectivity index (χ0v) is 16.1. The number of ether oxygens (including phenoxy) is 1. The van der Waals surface area contributed by atoms with Crippen molar-refractivity contribution in [2.24, 2.45) is 0 Å². The Bertz CT molecular complexity index is 676. The summed E-state index contributed by atoms with van der Waals surface area (Å²) in [5.41, 5.74) is 1.62. The summed E-state index contributed by atoms with van der Waals surface area (Å²) in [5, 5.41) is 0.638.